The van der Waals surface area contributed by atoms with Crippen LogP contribution in [-0.4, -0.2) is 38.3 Å². The van der Waals surface area contributed by atoms with Crippen LogP contribution in [0.25, 0.3) is 0 Å². The molecule has 156 valence electrons. The van der Waals surface area contributed by atoms with Crippen molar-refractivity contribution in [1.82, 2.24) is 4.31 Å². The summed E-state index contributed by atoms with van der Waals surface area (Å²) in [5, 5.41) is 3.58. The normalized spacial score (nSPS) is 17.7. The minimum Gasteiger partial charge on any atom is -0.494 e. The highest BCUT2D eigenvalue weighted by Gasteiger charge is 2.33. The molecule has 2 aromatic carbocycles. The van der Waals surface area contributed by atoms with Crippen molar-refractivity contribution < 1.29 is 17.9 Å². The molecule has 0 saturated carbocycles. The van der Waals surface area contributed by atoms with Crippen LogP contribution in [-0.2, 0) is 14.8 Å². The molecule has 1 fully saturated rings. The summed E-state index contributed by atoms with van der Waals surface area (Å²) in [7, 11) is -3.69. The van der Waals surface area contributed by atoms with E-state index < -0.39 is 15.9 Å². The maximum absolute atomic E-state index is 13.0. The first kappa shape index (κ1) is 21.9. The van der Waals surface area contributed by atoms with Gasteiger partial charge in [-0.3, -0.25) is 4.79 Å². The topological polar surface area (TPSA) is 75.7 Å². The number of benzene rings is 2. The molecule has 0 bridgehead atoms. The Morgan fingerprint density at radius 2 is 1.93 bits per heavy atom. The van der Waals surface area contributed by atoms with E-state index in [4.69, 9.17) is 27.9 Å². The predicted octanol–water partition coefficient (Wildman–Crippen LogP) is 4.43. The van der Waals surface area contributed by atoms with Crippen molar-refractivity contribution in [2.24, 2.45) is 5.92 Å². The number of hydrogen-bond donors (Lipinski definition) is 1. The number of nitrogens with one attached hydrogen (secondary N) is 1. The van der Waals surface area contributed by atoms with Gasteiger partial charge in [0.1, 0.15) is 5.75 Å². The van der Waals surface area contributed by atoms with Crippen molar-refractivity contribution >= 4 is 44.8 Å². The molecule has 0 aromatic heterocycles. The van der Waals surface area contributed by atoms with Crippen molar-refractivity contribution in [3.8, 4) is 5.75 Å². The number of amides is 1. The summed E-state index contributed by atoms with van der Waals surface area (Å²) in [5.74, 6) is -0.115. The monoisotopic (exact) mass is 456 g/mol. The van der Waals surface area contributed by atoms with Crippen LogP contribution in [0.5, 0.6) is 5.75 Å². The second-order valence-corrected chi connectivity index (χ2v) is 9.50. The Balaban J connectivity index is 1.71. The van der Waals surface area contributed by atoms with Gasteiger partial charge in [0.2, 0.25) is 15.9 Å². The van der Waals surface area contributed by atoms with E-state index in [9.17, 15) is 13.2 Å². The molecular weight excluding hydrogens is 435 g/mol. The quantitative estimate of drug-likeness (QED) is 0.697. The molecule has 1 atom stereocenters. The van der Waals surface area contributed by atoms with Crippen molar-refractivity contribution in [3.05, 3.63) is 52.5 Å². The first-order valence-electron chi connectivity index (χ1n) is 9.30. The summed E-state index contributed by atoms with van der Waals surface area (Å²) in [4.78, 5) is 12.9. The standard InChI is InChI=1S/C20H22Cl2N2O4S/c1-2-28-16-6-8-17(9-7-16)29(26,27)24-11-3-4-14(13-24)20(25)23-19-10-5-15(21)12-18(19)22/h5-10,12,14H,2-4,11,13H2,1H3,(H,23,25)/t14-/m0/s1. The number of carbonyl (C=O) groups is 1. The minimum absolute atomic E-state index is 0.118. The van der Waals surface area contributed by atoms with Gasteiger partial charge in [-0.2, -0.15) is 4.31 Å². The summed E-state index contributed by atoms with van der Waals surface area (Å²) < 4.78 is 32.7. The Bertz CT molecular complexity index is 980. The number of nitrogens with zero attached hydrogens (tertiary/aromatic N) is 1. The summed E-state index contributed by atoms with van der Waals surface area (Å²) >= 11 is 12.0. The van der Waals surface area contributed by atoms with Gasteiger partial charge in [0.25, 0.3) is 0 Å². The number of halogens is 2. The van der Waals surface area contributed by atoms with Gasteiger partial charge in [0, 0.05) is 18.1 Å². The van der Waals surface area contributed by atoms with Crippen LogP contribution in [0.2, 0.25) is 10.0 Å². The highest BCUT2D eigenvalue weighted by Crippen LogP contribution is 2.29. The second-order valence-electron chi connectivity index (χ2n) is 6.72. The van der Waals surface area contributed by atoms with Gasteiger partial charge in [-0.1, -0.05) is 23.2 Å². The summed E-state index contributed by atoms with van der Waals surface area (Å²) in [5.41, 5.74) is 0.451. The highest BCUT2D eigenvalue weighted by molar-refractivity contribution is 7.89. The number of hydrogen-bond acceptors (Lipinski definition) is 4. The summed E-state index contributed by atoms with van der Waals surface area (Å²) in [6, 6.07) is 11.1. The van der Waals surface area contributed by atoms with Crippen LogP contribution >= 0.6 is 23.2 Å². The van der Waals surface area contributed by atoms with Crippen LogP contribution in [0, 0.1) is 5.92 Å². The Hall–Kier alpha value is -1.80. The van der Waals surface area contributed by atoms with Crippen LogP contribution in [0.3, 0.4) is 0 Å². The average Bonchev–Trinajstić information content (AvgIpc) is 2.71. The van der Waals surface area contributed by atoms with E-state index in [0.717, 1.165) is 0 Å². The maximum Gasteiger partial charge on any atom is 0.243 e. The van der Waals surface area contributed by atoms with Crippen molar-refractivity contribution in [3.63, 3.8) is 0 Å². The third kappa shape index (κ3) is 5.22. The van der Waals surface area contributed by atoms with Gasteiger partial charge in [-0.25, -0.2) is 8.42 Å². The summed E-state index contributed by atoms with van der Waals surface area (Å²) in [6.07, 6.45) is 1.20. The largest absolute Gasteiger partial charge is 0.494 e. The van der Waals surface area contributed by atoms with E-state index in [1.165, 1.54) is 16.4 Å². The average molecular weight is 457 g/mol. The van der Waals surface area contributed by atoms with Crippen molar-refractivity contribution in [2.75, 3.05) is 25.0 Å². The zero-order valence-corrected chi connectivity index (χ0v) is 18.2. The Kier molecular flexibility index (Phi) is 7.05. The summed E-state index contributed by atoms with van der Waals surface area (Å²) in [6.45, 7) is 2.86. The molecule has 0 unspecified atom stereocenters. The van der Waals surface area contributed by atoms with Crippen LogP contribution in [0.1, 0.15) is 19.8 Å². The molecule has 1 saturated heterocycles. The Morgan fingerprint density at radius 3 is 2.59 bits per heavy atom. The van der Waals surface area contributed by atoms with E-state index in [1.807, 2.05) is 6.92 Å². The number of anilines is 1. The smallest absolute Gasteiger partial charge is 0.243 e. The molecule has 0 radical (unpaired) electrons. The minimum atomic E-state index is -3.69. The van der Waals surface area contributed by atoms with Crippen LogP contribution in [0.4, 0.5) is 5.69 Å². The van der Waals surface area contributed by atoms with Gasteiger partial charge in [0.15, 0.2) is 0 Å². The SMILES string of the molecule is CCOc1ccc(S(=O)(=O)N2CCC[C@H](C(=O)Nc3ccc(Cl)cc3Cl)C2)cc1. The lowest BCUT2D eigenvalue weighted by atomic mass is 9.99. The lowest BCUT2D eigenvalue weighted by molar-refractivity contribution is -0.120. The molecule has 2 aromatic rings. The fourth-order valence-corrected chi connectivity index (χ4v) is 5.20. The predicted molar refractivity (Wildman–Crippen MR) is 114 cm³/mol. The van der Waals surface area contributed by atoms with Crippen molar-refractivity contribution in [2.45, 2.75) is 24.7 Å². The zero-order valence-electron chi connectivity index (χ0n) is 15.9. The molecule has 1 aliphatic rings. The molecule has 1 amide bonds. The highest BCUT2D eigenvalue weighted by atomic mass is 35.5. The molecule has 3 rings (SSSR count). The third-order valence-corrected chi connectivity index (χ3v) is 7.14. The van der Waals surface area contributed by atoms with Gasteiger partial charge in [-0.15, -0.1) is 0 Å². The van der Waals surface area contributed by atoms with Gasteiger partial charge >= 0.3 is 0 Å². The molecule has 29 heavy (non-hydrogen) atoms. The van der Waals surface area contributed by atoms with E-state index in [0.29, 0.717) is 47.5 Å². The van der Waals surface area contributed by atoms with E-state index >= 15 is 0 Å². The molecule has 6 nitrogen and oxygen atoms in total. The number of rotatable bonds is 6. The Labute approximate surface area is 180 Å². The molecular formula is C20H22Cl2N2O4S. The first-order valence-corrected chi connectivity index (χ1v) is 11.5. The number of piperidine rings is 1. The molecule has 9 heteroatoms. The molecule has 1 N–H and O–H groups in total. The second kappa shape index (κ2) is 9.34. The zero-order chi connectivity index (χ0) is 21.0. The van der Waals surface area contributed by atoms with Crippen molar-refractivity contribution in [1.29, 1.82) is 0 Å². The number of ether oxygens (including phenoxy) is 1. The number of carbonyl (C=O) groups excluding carboxylic acids is 1. The van der Waals surface area contributed by atoms with E-state index in [1.54, 1.807) is 30.3 Å². The fraction of sp³-hybridized carbons (Fsp3) is 0.350. The molecule has 0 spiro atoms. The van der Waals surface area contributed by atoms with Gasteiger partial charge < -0.3 is 10.1 Å². The van der Waals surface area contributed by atoms with Crippen LogP contribution in [0.15, 0.2) is 47.4 Å². The van der Waals surface area contributed by atoms with Crippen LogP contribution < -0.4 is 10.1 Å². The molecule has 0 aliphatic carbocycles. The lowest BCUT2D eigenvalue weighted by Gasteiger charge is -2.31. The fourth-order valence-electron chi connectivity index (χ4n) is 3.22. The Morgan fingerprint density at radius 1 is 1.21 bits per heavy atom. The van der Waals surface area contributed by atoms with E-state index in [2.05, 4.69) is 5.32 Å². The molecule has 1 heterocycles. The molecule has 1 aliphatic heterocycles. The third-order valence-electron chi connectivity index (χ3n) is 4.72. The number of sulfonamides is 1. The lowest BCUT2D eigenvalue weighted by Crippen LogP contribution is -2.43. The first-order chi connectivity index (χ1) is 13.8. The maximum atomic E-state index is 13.0. The van der Waals surface area contributed by atoms with Gasteiger partial charge in [0.05, 0.1) is 28.1 Å². The van der Waals surface area contributed by atoms with Gasteiger partial charge in [-0.05, 0) is 62.2 Å². The van der Waals surface area contributed by atoms with E-state index in [-0.39, 0.29) is 17.3 Å².